The second-order valence-corrected chi connectivity index (χ2v) is 14.5. The van der Waals surface area contributed by atoms with E-state index < -0.39 is 22.2 Å². The summed E-state index contributed by atoms with van der Waals surface area (Å²) in [5, 5.41) is 5.28. The van der Waals surface area contributed by atoms with Crippen LogP contribution in [0.15, 0.2) is 104 Å². The molecule has 0 amide bonds. The van der Waals surface area contributed by atoms with Crippen LogP contribution >= 0.6 is 0 Å². The van der Waals surface area contributed by atoms with E-state index >= 15 is 0 Å². The molecule has 6 aromatic carbocycles. The van der Waals surface area contributed by atoms with Gasteiger partial charge >= 0.3 is 0 Å². The van der Waals surface area contributed by atoms with Crippen molar-refractivity contribution in [2.75, 3.05) is 0 Å². The summed E-state index contributed by atoms with van der Waals surface area (Å²) in [5.41, 5.74) is 0.477. The minimum atomic E-state index is -0.396. The van der Waals surface area contributed by atoms with E-state index in [0.717, 1.165) is 21.9 Å². The standard InChI is InChI=1S/C40H32N2O4/c1-39(2,3)21-17-25-29-26(18-21)32-34(38(46)42(36(32)44)24-15-11-8-12-16-24)28-20-22(40(4,5)6)19-27(30(28)29)33-31(25)35(43)41(37(33)45)23-13-9-7-10-14-23/h7-20H,1-6H3. The third kappa shape index (κ3) is 3.64. The summed E-state index contributed by atoms with van der Waals surface area (Å²) >= 11 is 0. The lowest BCUT2D eigenvalue weighted by atomic mass is 9.79. The zero-order valence-electron chi connectivity index (χ0n) is 26.6. The van der Waals surface area contributed by atoms with Crippen molar-refractivity contribution >= 4 is 53.9 Å². The van der Waals surface area contributed by atoms with Gasteiger partial charge in [0, 0.05) is 0 Å². The SMILES string of the molecule is CC(C)(C)c1cc2c3c(=O)n(-c4ccccc4)c(=O)c3c3cc(C(C)(C)C)cc4c5c(=O)n(-c6ccccc6)c(=O)c5c(c1)c2c34. The van der Waals surface area contributed by atoms with Crippen LogP contribution in [-0.4, -0.2) is 9.13 Å². The lowest BCUT2D eigenvalue weighted by molar-refractivity contribution is 0.591. The van der Waals surface area contributed by atoms with Gasteiger partial charge in [0.15, 0.2) is 0 Å². The highest BCUT2D eigenvalue weighted by molar-refractivity contribution is 6.40. The maximum Gasteiger partial charge on any atom is 0.266 e. The molecule has 0 fully saturated rings. The molecule has 0 unspecified atom stereocenters. The first-order valence-electron chi connectivity index (χ1n) is 15.5. The third-order valence-corrected chi connectivity index (χ3v) is 9.53. The van der Waals surface area contributed by atoms with E-state index in [-0.39, 0.29) is 10.8 Å². The molecule has 0 saturated carbocycles. The van der Waals surface area contributed by atoms with Crippen LogP contribution in [0, 0.1) is 0 Å². The Morgan fingerprint density at radius 3 is 0.891 bits per heavy atom. The summed E-state index contributed by atoms with van der Waals surface area (Å²) in [7, 11) is 0. The highest BCUT2D eigenvalue weighted by atomic mass is 16.2. The first-order valence-corrected chi connectivity index (χ1v) is 15.5. The molecule has 46 heavy (non-hydrogen) atoms. The molecule has 0 bridgehead atoms. The maximum atomic E-state index is 14.5. The predicted octanol–water partition coefficient (Wildman–Crippen LogP) is 7.38. The molecule has 0 aliphatic heterocycles. The molecule has 0 aliphatic rings. The zero-order valence-corrected chi connectivity index (χ0v) is 26.6. The van der Waals surface area contributed by atoms with Gasteiger partial charge in [-0.3, -0.25) is 19.2 Å². The Morgan fingerprint density at radius 2 is 0.652 bits per heavy atom. The molecule has 0 aliphatic carbocycles. The van der Waals surface area contributed by atoms with Crippen molar-refractivity contribution in [3.05, 3.63) is 137 Å². The van der Waals surface area contributed by atoms with E-state index in [4.69, 9.17) is 0 Å². The normalized spacial score (nSPS) is 12.9. The first-order chi connectivity index (χ1) is 21.8. The lowest BCUT2D eigenvalue weighted by Gasteiger charge is -2.24. The lowest BCUT2D eigenvalue weighted by Crippen LogP contribution is -2.23. The molecule has 0 spiro atoms. The van der Waals surface area contributed by atoms with Gasteiger partial charge in [-0.1, -0.05) is 77.9 Å². The second kappa shape index (κ2) is 9.10. The van der Waals surface area contributed by atoms with Crippen molar-refractivity contribution in [1.82, 2.24) is 9.13 Å². The summed E-state index contributed by atoms with van der Waals surface area (Å²) < 4.78 is 2.51. The van der Waals surface area contributed by atoms with E-state index in [9.17, 15) is 19.2 Å². The van der Waals surface area contributed by atoms with E-state index in [2.05, 4.69) is 41.5 Å². The fourth-order valence-electron chi connectivity index (χ4n) is 7.16. The molecular formula is C40H32N2O4. The quantitative estimate of drug-likeness (QED) is 0.193. The average Bonchev–Trinajstić information content (AvgIpc) is 3.44. The Morgan fingerprint density at radius 1 is 0.391 bits per heavy atom. The molecule has 2 heterocycles. The molecule has 0 atom stereocenters. The summed E-state index contributed by atoms with van der Waals surface area (Å²) in [4.78, 5) is 57.9. The average molecular weight is 605 g/mol. The van der Waals surface area contributed by atoms with Crippen molar-refractivity contribution in [3.8, 4) is 11.4 Å². The minimum absolute atomic E-state index is 0.335. The van der Waals surface area contributed by atoms with E-state index in [1.165, 1.54) is 9.13 Å². The number of hydrogen-bond acceptors (Lipinski definition) is 4. The summed E-state index contributed by atoms with van der Waals surface area (Å²) in [6.45, 7) is 12.4. The minimum Gasteiger partial charge on any atom is -0.268 e. The van der Waals surface area contributed by atoms with Crippen LogP contribution in [0.4, 0.5) is 0 Å². The topological polar surface area (TPSA) is 78.1 Å². The van der Waals surface area contributed by atoms with E-state index in [1.54, 1.807) is 48.5 Å². The molecule has 6 heteroatoms. The van der Waals surface area contributed by atoms with Gasteiger partial charge in [-0.25, -0.2) is 9.13 Å². The molecule has 8 aromatic rings. The van der Waals surface area contributed by atoms with Crippen LogP contribution in [0.25, 0.3) is 65.2 Å². The summed E-state index contributed by atoms with van der Waals surface area (Å²) in [6.07, 6.45) is 0. The fourth-order valence-corrected chi connectivity index (χ4v) is 7.16. The van der Waals surface area contributed by atoms with Crippen molar-refractivity contribution in [3.63, 3.8) is 0 Å². The van der Waals surface area contributed by atoms with Crippen LogP contribution in [0.3, 0.4) is 0 Å². The third-order valence-electron chi connectivity index (χ3n) is 9.53. The Balaban J connectivity index is 1.76. The molecule has 0 radical (unpaired) electrons. The van der Waals surface area contributed by atoms with E-state index in [0.29, 0.717) is 54.5 Å². The number of rotatable bonds is 2. The Bertz CT molecular complexity index is 2440. The molecule has 6 nitrogen and oxygen atoms in total. The van der Waals surface area contributed by atoms with Gasteiger partial charge in [0.25, 0.3) is 22.2 Å². The van der Waals surface area contributed by atoms with Crippen LogP contribution in [-0.2, 0) is 10.8 Å². The Hall–Kier alpha value is -5.36. The van der Waals surface area contributed by atoms with Crippen LogP contribution < -0.4 is 22.2 Å². The fraction of sp³-hybridized carbons (Fsp3) is 0.200. The van der Waals surface area contributed by atoms with Gasteiger partial charge in [0.2, 0.25) is 0 Å². The van der Waals surface area contributed by atoms with Gasteiger partial charge in [-0.15, -0.1) is 0 Å². The van der Waals surface area contributed by atoms with Crippen molar-refractivity contribution in [1.29, 1.82) is 0 Å². The summed E-state index contributed by atoms with van der Waals surface area (Å²) in [5.74, 6) is 0. The number of hydrogen-bond donors (Lipinski definition) is 0. The second-order valence-electron chi connectivity index (χ2n) is 14.5. The van der Waals surface area contributed by atoms with Crippen LogP contribution in [0.1, 0.15) is 52.7 Å². The van der Waals surface area contributed by atoms with Crippen molar-refractivity contribution in [2.45, 2.75) is 52.4 Å². The van der Waals surface area contributed by atoms with Gasteiger partial charge in [-0.05, 0) is 103 Å². The molecule has 226 valence electrons. The van der Waals surface area contributed by atoms with Crippen LogP contribution in [0.2, 0.25) is 0 Å². The number of fused-ring (bicyclic) bond motifs is 6. The molecular weight excluding hydrogens is 572 g/mol. The maximum absolute atomic E-state index is 14.5. The number of nitrogens with zero attached hydrogens (tertiary/aromatic N) is 2. The van der Waals surface area contributed by atoms with E-state index in [1.807, 2.05) is 36.4 Å². The number of benzene rings is 6. The van der Waals surface area contributed by atoms with Gasteiger partial charge in [-0.2, -0.15) is 0 Å². The Kier molecular flexibility index (Phi) is 5.57. The molecule has 0 saturated heterocycles. The number of aromatic nitrogens is 2. The molecule has 0 N–H and O–H groups in total. The Labute approximate surface area is 263 Å². The smallest absolute Gasteiger partial charge is 0.266 e. The van der Waals surface area contributed by atoms with Gasteiger partial charge < -0.3 is 0 Å². The molecule has 8 rings (SSSR count). The zero-order chi connectivity index (χ0) is 32.4. The molecule has 2 aromatic heterocycles. The monoisotopic (exact) mass is 604 g/mol. The van der Waals surface area contributed by atoms with Crippen molar-refractivity contribution in [2.24, 2.45) is 0 Å². The van der Waals surface area contributed by atoms with Gasteiger partial charge in [0.05, 0.1) is 32.9 Å². The summed E-state index contributed by atoms with van der Waals surface area (Å²) in [6, 6.07) is 25.9. The first kappa shape index (κ1) is 28.1. The van der Waals surface area contributed by atoms with Crippen molar-refractivity contribution < 1.29 is 0 Å². The predicted molar refractivity (Wildman–Crippen MR) is 189 cm³/mol. The van der Waals surface area contributed by atoms with Gasteiger partial charge in [0.1, 0.15) is 0 Å². The highest BCUT2D eigenvalue weighted by Gasteiger charge is 2.30. The largest absolute Gasteiger partial charge is 0.268 e. The van der Waals surface area contributed by atoms with Crippen LogP contribution in [0.5, 0.6) is 0 Å². The highest BCUT2D eigenvalue weighted by Crippen LogP contribution is 2.46. The number of para-hydroxylation sites is 2.